The Kier molecular flexibility index (Phi) is 4.17. The highest BCUT2D eigenvalue weighted by Gasteiger charge is 2.17. The zero-order valence-electron chi connectivity index (χ0n) is 12.9. The average molecular weight is 384 g/mol. The number of anilines is 1. The Hall–Kier alpha value is -2.41. The molecular weight excluding hydrogens is 370 g/mol. The first-order chi connectivity index (χ1) is 12.1. The van der Waals surface area contributed by atoms with Gasteiger partial charge in [0.1, 0.15) is 0 Å². The molecule has 0 spiro atoms. The summed E-state index contributed by atoms with van der Waals surface area (Å²) in [6, 6.07) is 15.4. The van der Waals surface area contributed by atoms with E-state index in [-0.39, 0.29) is 5.56 Å². The second kappa shape index (κ2) is 6.48. The summed E-state index contributed by atoms with van der Waals surface area (Å²) < 4.78 is 0. The Bertz CT molecular complexity index is 1030. The predicted molar refractivity (Wildman–Crippen MR) is 108 cm³/mol. The van der Waals surface area contributed by atoms with Crippen LogP contribution >= 0.6 is 34.0 Å². The zero-order chi connectivity index (χ0) is 17.4. The number of thiophene rings is 3. The van der Waals surface area contributed by atoms with Crippen LogP contribution in [0.4, 0.5) is 5.69 Å². The Labute approximate surface area is 156 Å². The van der Waals surface area contributed by atoms with Gasteiger partial charge in [-0.1, -0.05) is 12.1 Å². The Morgan fingerprint density at radius 3 is 2.28 bits per heavy atom. The summed E-state index contributed by atoms with van der Waals surface area (Å²) in [4.78, 5) is 16.1. The number of nitrogen functional groups attached to an aromatic ring is 1. The van der Waals surface area contributed by atoms with Gasteiger partial charge < -0.3 is 10.8 Å². The standard InChI is InChI=1S/C19H13NO2S3/c20-13-8-11(7-12(9-13)19(21)22)14-10-17(15-3-1-5-23-15)25-18(14)16-4-2-6-24-16/h1-10H,20H2,(H,21,22). The minimum Gasteiger partial charge on any atom is -0.478 e. The topological polar surface area (TPSA) is 63.3 Å². The molecule has 0 saturated carbocycles. The maximum atomic E-state index is 11.4. The summed E-state index contributed by atoms with van der Waals surface area (Å²) in [7, 11) is 0. The van der Waals surface area contributed by atoms with Crippen molar-refractivity contribution >= 4 is 45.7 Å². The van der Waals surface area contributed by atoms with Crippen LogP contribution in [-0.2, 0) is 0 Å². The highest BCUT2D eigenvalue weighted by atomic mass is 32.1. The molecule has 0 aliphatic heterocycles. The van der Waals surface area contributed by atoms with Crippen LogP contribution in [0.3, 0.4) is 0 Å². The second-order valence-corrected chi connectivity index (χ2v) is 8.40. The van der Waals surface area contributed by atoms with E-state index in [9.17, 15) is 9.90 Å². The molecule has 3 heterocycles. The van der Waals surface area contributed by atoms with Crippen molar-refractivity contribution in [2.24, 2.45) is 0 Å². The van der Waals surface area contributed by atoms with Crippen LogP contribution in [-0.4, -0.2) is 11.1 Å². The molecule has 3 aromatic heterocycles. The lowest BCUT2D eigenvalue weighted by Gasteiger charge is -2.06. The minimum absolute atomic E-state index is 0.205. The van der Waals surface area contributed by atoms with Crippen molar-refractivity contribution < 1.29 is 9.90 Å². The normalized spacial score (nSPS) is 10.9. The molecule has 0 bridgehead atoms. The third-order valence-corrected chi connectivity index (χ3v) is 7.00. The number of hydrogen-bond donors (Lipinski definition) is 2. The SMILES string of the molecule is Nc1cc(C(=O)O)cc(-c2cc(-c3cccs3)sc2-c2cccs2)c1. The highest BCUT2D eigenvalue weighted by molar-refractivity contribution is 7.26. The lowest BCUT2D eigenvalue weighted by atomic mass is 10.0. The summed E-state index contributed by atoms with van der Waals surface area (Å²) in [5.41, 5.74) is 8.46. The quantitative estimate of drug-likeness (QED) is 0.415. The molecule has 3 nitrogen and oxygen atoms in total. The van der Waals surface area contributed by atoms with Gasteiger partial charge >= 0.3 is 5.97 Å². The highest BCUT2D eigenvalue weighted by Crippen LogP contribution is 2.46. The van der Waals surface area contributed by atoms with Crippen molar-refractivity contribution in [1.29, 1.82) is 0 Å². The smallest absolute Gasteiger partial charge is 0.335 e. The van der Waals surface area contributed by atoms with Gasteiger partial charge in [0.15, 0.2) is 0 Å². The summed E-state index contributed by atoms with van der Waals surface area (Å²) in [6.45, 7) is 0. The van der Waals surface area contributed by atoms with Crippen molar-refractivity contribution in [3.8, 4) is 30.6 Å². The van der Waals surface area contributed by atoms with E-state index >= 15 is 0 Å². The van der Waals surface area contributed by atoms with E-state index in [2.05, 4.69) is 23.6 Å². The molecular formula is C19H13NO2S3. The molecule has 1 aromatic carbocycles. The Morgan fingerprint density at radius 1 is 0.920 bits per heavy atom. The molecule has 0 saturated heterocycles. The van der Waals surface area contributed by atoms with Crippen LogP contribution in [0.15, 0.2) is 59.3 Å². The van der Waals surface area contributed by atoms with Crippen LogP contribution in [0.1, 0.15) is 10.4 Å². The number of carboxylic acid groups (broad SMARTS) is 1. The molecule has 4 rings (SSSR count). The lowest BCUT2D eigenvalue weighted by Crippen LogP contribution is -1.98. The van der Waals surface area contributed by atoms with Crippen molar-refractivity contribution in [2.45, 2.75) is 0 Å². The summed E-state index contributed by atoms with van der Waals surface area (Å²) in [5.74, 6) is -0.972. The lowest BCUT2D eigenvalue weighted by molar-refractivity contribution is 0.0697. The van der Waals surface area contributed by atoms with E-state index < -0.39 is 5.97 Å². The molecule has 3 N–H and O–H groups in total. The van der Waals surface area contributed by atoms with Gasteiger partial charge in [-0.05, 0) is 52.7 Å². The first kappa shape index (κ1) is 16.1. The molecule has 124 valence electrons. The van der Waals surface area contributed by atoms with Gasteiger partial charge in [-0.25, -0.2) is 4.79 Å². The molecule has 25 heavy (non-hydrogen) atoms. The van der Waals surface area contributed by atoms with Crippen LogP contribution in [0.2, 0.25) is 0 Å². The molecule has 0 atom stereocenters. The van der Waals surface area contributed by atoms with E-state index in [1.807, 2.05) is 23.6 Å². The fourth-order valence-corrected chi connectivity index (χ4v) is 5.54. The molecule has 4 aromatic rings. The number of rotatable bonds is 4. The number of nitrogens with two attached hydrogens (primary N) is 1. The maximum absolute atomic E-state index is 11.4. The molecule has 0 aliphatic carbocycles. The minimum atomic E-state index is -0.972. The number of hydrogen-bond acceptors (Lipinski definition) is 5. The third-order valence-electron chi connectivity index (χ3n) is 3.75. The summed E-state index contributed by atoms with van der Waals surface area (Å²) in [6.07, 6.45) is 0. The largest absolute Gasteiger partial charge is 0.478 e. The van der Waals surface area contributed by atoms with Crippen molar-refractivity contribution in [2.75, 3.05) is 5.73 Å². The van der Waals surface area contributed by atoms with Gasteiger partial charge in [0.05, 0.1) is 10.4 Å². The van der Waals surface area contributed by atoms with E-state index in [1.54, 1.807) is 40.1 Å². The second-order valence-electron chi connectivity index (χ2n) is 5.46. The monoisotopic (exact) mass is 383 g/mol. The molecule has 0 aliphatic rings. The van der Waals surface area contributed by atoms with Crippen LogP contribution in [0.5, 0.6) is 0 Å². The van der Waals surface area contributed by atoms with Gasteiger partial charge in [0, 0.05) is 25.9 Å². The zero-order valence-corrected chi connectivity index (χ0v) is 15.4. The average Bonchev–Trinajstić information content (AvgIpc) is 3.33. The number of carboxylic acids is 1. The summed E-state index contributed by atoms with van der Waals surface area (Å²) >= 11 is 5.10. The molecule has 0 radical (unpaired) electrons. The Morgan fingerprint density at radius 2 is 1.64 bits per heavy atom. The van der Waals surface area contributed by atoms with E-state index in [4.69, 9.17) is 5.73 Å². The predicted octanol–water partition coefficient (Wildman–Crippen LogP) is 6.15. The van der Waals surface area contributed by atoms with E-state index in [0.717, 1.165) is 16.0 Å². The first-order valence-corrected chi connectivity index (χ1v) is 10.1. The van der Waals surface area contributed by atoms with Crippen LogP contribution < -0.4 is 5.73 Å². The third kappa shape index (κ3) is 3.11. The Balaban J connectivity index is 1.93. The first-order valence-electron chi connectivity index (χ1n) is 7.47. The van der Waals surface area contributed by atoms with Gasteiger partial charge in [-0.15, -0.1) is 34.0 Å². The van der Waals surface area contributed by atoms with Gasteiger partial charge in [0.2, 0.25) is 0 Å². The number of carbonyl (C=O) groups is 1. The van der Waals surface area contributed by atoms with E-state index in [1.165, 1.54) is 20.7 Å². The van der Waals surface area contributed by atoms with Gasteiger partial charge in [-0.3, -0.25) is 0 Å². The maximum Gasteiger partial charge on any atom is 0.335 e. The van der Waals surface area contributed by atoms with Crippen molar-refractivity contribution in [3.63, 3.8) is 0 Å². The molecule has 0 unspecified atom stereocenters. The molecule has 6 heteroatoms. The fourth-order valence-electron chi connectivity index (χ4n) is 2.67. The van der Waals surface area contributed by atoms with Crippen LogP contribution in [0.25, 0.3) is 30.6 Å². The molecule has 0 amide bonds. The van der Waals surface area contributed by atoms with Crippen LogP contribution in [0, 0.1) is 0 Å². The van der Waals surface area contributed by atoms with E-state index in [0.29, 0.717) is 5.69 Å². The van der Waals surface area contributed by atoms with Crippen molar-refractivity contribution in [1.82, 2.24) is 0 Å². The number of benzene rings is 1. The molecule has 0 fully saturated rings. The number of aromatic carboxylic acids is 1. The van der Waals surface area contributed by atoms with Gasteiger partial charge in [0.25, 0.3) is 0 Å². The van der Waals surface area contributed by atoms with Gasteiger partial charge in [-0.2, -0.15) is 0 Å². The summed E-state index contributed by atoms with van der Waals surface area (Å²) in [5, 5.41) is 13.4. The fraction of sp³-hybridized carbons (Fsp3) is 0. The van der Waals surface area contributed by atoms with Crippen molar-refractivity contribution in [3.05, 3.63) is 64.9 Å².